The molecule has 24 heavy (non-hydrogen) atoms. The van der Waals surface area contributed by atoms with Gasteiger partial charge in [-0.25, -0.2) is 13.2 Å². The van der Waals surface area contributed by atoms with Crippen LogP contribution in [0.2, 0.25) is 0 Å². The van der Waals surface area contributed by atoms with Crippen LogP contribution < -0.4 is 0 Å². The molecular weight excluding hydrogens is 317 g/mol. The average Bonchev–Trinajstić information content (AvgIpc) is 2.57. The Labute approximate surface area is 144 Å². The molecule has 0 aromatic carbocycles. The van der Waals surface area contributed by atoms with Gasteiger partial charge in [-0.15, -0.1) is 0 Å². The van der Waals surface area contributed by atoms with Crippen LogP contribution in [0.5, 0.6) is 0 Å². The van der Waals surface area contributed by atoms with Gasteiger partial charge in [0.05, 0.1) is 12.2 Å². The topological polar surface area (TPSA) is 18.5 Å². The Morgan fingerprint density at radius 1 is 0.833 bits per heavy atom. The molecule has 0 aromatic rings. The molecule has 0 N–H and O–H groups in total. The van der Waals surface area contributed by atoms with Gasteiger partial charge < -0.3 is 9.47 Å². The van der Waals surface area contributed by atoms with Gasteiger partial charge in [-0.2, -0.15) is 0 Å². The molecule has 0 aromatic heterocycles. The summed E-state index contributed by atoms with van der Waals surface area (Å²) < 4.78 is 54.4. The molecule has 142 valence electrons. The maximum Gasteiger partial charge on any atom is 0.157 e. The normalized spacial score (nSPS) is 40.6. The minimum absolute atomic E-state index is 0.0629. The van der Waals surface area contributed by atoms with Crippen molar-refractivity contribution in [2.24, 2.45) is 11.8 Å². The highest BCUT2D eigenvalue weighted by Gasteiger charge is 2.47. The third-order valence-corrected chi connectivity index (χ3v) is 5.66. The minimum atomic E-state index is -1.63. The van der Waals surface area contributed by atoms with Crippen molar-refractivity contribution in [3.8, 4) is 0 Å². The summed E-state index contributed by atoms with van der Waals surface area (Å²) in [6.07, 6.45) is 0.880. The Morgan fingerprint density at radius 3 is 2.25 bits per heavy atom. The van der Waals surface area contributed by atoms with E-state index in [1.807, 2.05) is 0 Å². The van der Waals surface area contributed by atoms with Crippen molar-refractivity contribution >= 4 is 0 Å². The molecule has 2 rings (SSSR count). The van der Waals surface area contributed by atoms with Crippen molar-refractivity contribution in [1.82, 2.24) is 0 Å². The molecule has 7 unspecified atom stereocenters. The second-order valence-electron chi connectivity index (χ2n) is 7.32. The first-order valence-electron chi connectivity index (χ1n) is 9.73. The van der Waals surface area contributed by atoms with Gasteiger partial charge in [-0.05, 0) is 50.9 Å². The van der Waals surface area contributed by atoms with Gasteiger partial charge in [0, 0.05) is 19.6 Å². The number of hydrogen-bond acceptors (Lipinski definition) is 2. The number of unbranched alkanes of at least 4 members (excludes halogenated alkanes) is 2. The van der Waals surface area contributed by atoms with E-state index in [9.17, 15) is 13.2 Å². The molecule has 2 nitrogen and oxygen atoms in total. The van der Waals surface area contributed by atoms with Gasteiger partial charge in [0.15, 0.2) is 6.17 Å². The molecule has 5 heteroatoms. The van der Waals surface area contributed by atoms with E-state index in [0.717, 1.165) is 25.7 Å². The maximum absolute atomic E-state index is 14.6. The van der Waals surface area contributed by atoms with Crippen LogP contribution in [-0.4, -0.2) is 43.9 Å². The predicted molar refractivity (Wildman–Crippen MR) is 89.4 cm³/mol. The molecular formula is C19H33F3O2. The van der Waals surface area contributed by atoms with Crippen LogP contribution >= 0.6 is 0 Å². The fraction of sp³-hybridized carbons (Fsp3) is 1.00. The third kappa shape index (κ3) is 5.10. The zero-order valence-electron chi connectivity index (χ0n) is 15.1. The van der Waals surface area contributed by atoms with Crippen LogP contribution in [0.1, 0.15) is 65.2 Å². The Kier molecular flexibility index (Phi) is 8.35. The molecule has 7 atom stereocenters. The van der Waals surface area contributed by atoms with Gasteiger partial charge in [0.2, 0.25) is 0 Å². The molecule has 0 bridgehead atoms. The quantitative estimate of drug-likeness (QED) is 0.561. The average molecular weight is 350 g/mol. The van der Waals surface area contributed by atoms with Crippen molar-refractivity contribution in [2.75, 3.05) is 13.2 Å². The van der Waals surface area contributed by atoms with Gasteiger partial charge >= 0.3 is 0 Å². The first kappa shape index (κ1) is 20.0. The Morgan fingerprint density at radius 2 is 1.58 bits per heavy atom. The molecule has 0 radical (unpaired) electrons. The number of hydrogen-bond donors (Lipinski definition) is 0. The summed E-state index contributed by atoms with van der Waals surface area (Å²) in [4.78, 5) is 0. The van der Waals surface area contributed by atoms with Crippen molar-refractivity contribution in [1.29, 1.82) is 0 Å². The summed E-state index contributed by atoms with van der Waals surface area (Å²) in [7, 11) is 0. The number of alkyl halides is 3. The Bertz CT molecular complexity index is 356. The van der Waals surface area contributed by atoms with Crippen molar-refractivity contribution in [3.05, 3.63) is 0 Å². The lowest BCUT2D eigenvalue weighted by molar-refractivity contribution is -0.100. The number of rotatable bonds is 8. The van der Waals surface area contributed by atoms with Crippen LogP contribution in [0.4, 0.5) is 13.2 Å². The first-order chi connectivity index (χ1) is 11.6. The van der Waals surface area contributed by atoms with Gasteiger partial charge in [0.1, 0.15) is 12.3 Å². The zero-order valence-corrected chi connectivity index (χ0v) is 15.1. The maximum atomic E-state index is 14.6. The standard InChI is InChI=1S/C19H33F3O2/c1-3-5-6-11-24-13-7-8-14(16(20)12-13)15-9-10-17(23-4-2)19(22)18(15)21/h13-19H,3-12H2,1-2H3. The summed E-state index contributed by atoms with van der Waals surface area (Å²) >= 11 is 0. The monoisotopic (exact) mass is 350 g/mol. The van der Waals surface area contributed by atoms with E-state index in [0.29, 0.717) is 38.9 Å². The third-order valence-electron chi connectivity index (χ3n) is 5.66. The van der Waals surface area contributed by atoms with E-state index in [4.69, 9.17) is 9.47 Å². The van der Waals surface area contributed by atoms with Gasteiger partial charge in [-0.3, -0.25) is 0 Å². The molecule has 2 fully saturated rings. The van der Waals surface area contributed by atoms with E-state index in [2.05, 4.69) is 6.92 Å². The van der Waals surface area contributed by atoms with E-state index >= 15 is 0 Å². The van der Waals surface area contributed by atoms with Gasteiger partial charge in [0.25, 0.3) is 0 Å². The van der Waals surface area contributed by atoms with Crippen LogP contribution in [0.3, 0.4) is 0 Å². The fourth-order valence-corrected chi connectivity index (χ4v) is 4.29. The van der Waals surface area contributed by atoms with E-state index < -0.39 is 30.5 Å². The highest BCUT2D eigenvalue weighted by atomic mass is 19.2. The van der Waals surface area contributed by atoms with E-state index in [-0.39, 0.29) is 12.0 Å². The minimum Gasteiger partial charge on any atom is -0.378 e. The second kappa shape index (κ2) is 10.0. The van der Waals surface area contributed by atoms with Crippen molar-refractivity contribution in [3.63, 3.8) is 0 Å². The van der Waals surface area contributed by atoms with Crippen molar-refractivity contribution in [2.45, 2.75) is 95.9 Å². The zero-order chi connectivity index (χ0) is 17.5. The highest BCUT2D eigenvalue weighted by molar-refractivity contribution is 4.95. The lowest BCUT2D eigenvalue weighted by atomic mass is 9.70. The summed E-state index contributed by atoms with van der Waals surface area (Å²) in [5.74, 6) is -0.899. The second-order valence-corrected chi connectivity index (χ2v) is 7.32. The summed E-state index contributed by atoms with van der Waals surface area (Å²) in [6, 6.07) is 0. The summed E-state index contributed by atoms with van der Waals surface area (Å²) in [5.41, 5.74) is 0. The molecule has 2 aliphatic carbocycles. The van der Waals surface area contributed by atoms with Crippen molar-refractivity contribution < 1.29 is 22.6 Å². The molecule has 0 aliphatic heterocycles. The molecule has 0 amide bonds. The molecule has 2 aliphatic rings. The van der Waals surface area contributed by atoms with Gasteiger partial charge in [-0.1, -0.05) is 19.8 Å². The van der Waals surface area contributed by atoms with E-state index in [1.54, 1.807) is 6.92 Å². The molecule has 2 saturated carbocycles. The number of ether oxygens (including phenoxy) is 2. The van der Waals surface area contributed by atoms with Crippen LogP contribution in [0, 0.1) is 11.8 Å². The fourth-order valence-electron chi connectivity index (χ4n) is 4.29. The lowest BCUT2D eigenvalue weighted by Gasteiger charge is -2.42. The van der Waals surface area contributed by atoms with Crippen LogP contribution in [0.15, 0.2) is 0 Å². The summed E-state index contributed by atoms with van der Waals surface area (Å²) in [6.45, 7) is 4.97. The molecule has 0 saturated heterocycles. The number of halogens is 3. The largest absolute Gasteiger partial charge is 0.378 e. The molecule has 0 spiro atoms. The first-order valence-corrected chi connectivity index (χ1v) is 9.73. The van der Waals surface area contributed by atoms with Crippen LogP contribution in [-0.2, 0) is 9.47 Å². The Balaban J connectivity index is 1.81. The highest BCUT2D eigenvalue weighted by Crippen LogP contribution is 2.43. The smallest absolute Gasteiger partial charge is 0.157 e. The summed E-state index contributed by atoms with van der Waals surface area (Å²) in [5, 5.41) is 0. The Hall–Kier alpha value is -0.290. The lowest BCUT2D eigenvalue weighted by Crippen LogP contribution is -2.48. The van der Waals surface area contributed by atoms with Crippen LogP contribution in [0.25, 0.3) is 0 Å². The predicted octanol–water partition coefficient (Wildman–Crippen LogP) is 5.19. The van der Waals surface area contributed by atoms with E-state index in [1.165, 1.54) is 0 Å². The molecule has 0 heterocycles. The SMILES string of the molecule is CCCCCOC1CCC(C2CCC(OCC)C(F)C2F)C(F)C1.